The predicted octanol–water partition coefficient (Wildman–Crippen LogP) is 2.46. The Kier molecular flexibility index (Phi) is 3.39. The highest BCUT2D eigenvalue weighted by atomic mass is 32.1. The van der Waals surface area contributed by atoms with Gasteiger partial charge in [-0.2, -0.15) is 0 Å². The molecule has 2 fully saturated rings. The van der Waals surface area contributed by atoms with Crippen molar-refractivity contribution in [2.45, 2.75) is 38.6 Å². The quantitative estimate of drug-likeness (QED) is 0.841. The van der Waals surface area contributed by atoms with Crippen LogP contribution < -0.4 is 16.0 Å². The summed E-state index contributed by atoms with van der Waals surface area (Å²) in [5.41, 5.74) is 6.62. The number of carbonyl (C=O) groups excluding carboxylic acids is 1. The van der Waals surface area contributed by atoms with Gasteiger partial charge in [0.15, 0.2) is 0 Å². The Morgan fingerprint density at radius 2 is 2.21 bits per heavy atom. The van der Waals surface area contributed by atoms with Gasteiger partial charge in [-0.05, 0) is 44.6 Å². The number of carbonyl (C=O) groups is 1. The van der Waals surface area contributed by atoms with E-state index in [2.05, 4.69) is 17.1 Å². The van der Waals surface area contributed by atoms with Gasteiger partial charge in [0.1, 0.15) is 4.88 Å². The van der Waals surface area contributed by atoms with Crippen molar-refractivity contribution in [2.75, 3.05) is 23.7 Å². The van der Waals surface area contributed by atoms with Crippen LogP contribution in [0.4, 0.5) is 10.7 Å². The molecule has 0 aliphatic heterocycles. The van der Waals surface area contributed by atoms with E-state index in [-0.39, 0.29) is 5.91 Å². The number of nitrogen functional groups attached to an aromatic ring is 1. The third-order valence-corrected chi connectivity index (χ3v) is 4.95. The van der Waals surface area contributed by atoms with E-state index in [9.17, 15) is 4.79 Å². The fourth-order valence-electron chi connectivity index (χ4n) is 2.19. The minimum atomic E-state index is -0.00118. The van der Waals surface area contributed by atoms with Crippen LogP contribution >= 0.6 is 11.3 Å². The Labute approximate surface area is 118 Å². The second-order valence-corrected chi connectivity index (χ2v) is 6.63. The van der Waals surface area contributed by atoms with Gasteiger partial charge in [0, 0.05) is 19.1 Å². The Morgan fingerprint density at radius 3 is 2.79 bits per heavy atom. The maximum absolute atomic E-state index is 12.1. The fourth-order valence-corrected chi connectivity index (χ4v) is 3.25. The normalized spacial score (nSPS) is 18.4. The number of hydrogen-bond acceptors (Lipinski definition) is 4. The summed E-state index contributed by atoms with van der Waals surface area (Å²) in [7, 11) is 0. The van der Waals surface area contributed by atoms with Gasteiger partial charge in [0.25, 0.3) is 5.91 Å². The lowest BCUT2D eigenvalue weighted by atomic mass is 10.3. The van der Waals surface area contributed by atoms with E-state index >= 15 is 0 Å². The van der Waals surface area contributed by atoms with Crippen molar-refractivity contribution in [1.29, 1.82) is 0 Å². The molecule has 2 saturated carbocycles. The van der Waals surface area contributed by atoms with E-state index in [0.29, 0.717) is 16.6 Å². The van der Waals surface area contributed by atoms with E-state index in [0.717, 1.165) is 36.9 Å². The van der Waals surface area contributed by atoms with Crippen LogP contribution in [0.1, 0.15) is 42.3 Å². The van der Waals surface area contributed by atoms with Crippen molar-refractivity contribution < 1.29 is 4.79 Å². The molecule has 0 spiro atoms. The minimum absolute atomic E-state index is 0.00118. The highest BCUT2D eigenvalue weighted by molar-refractivity contribution is 7.18. The summed E-state index contributed by atoms with van der Waals surface area (Å²) in [5, 5.41) is 4.14. The van der Waals surface area contributed by atoms with Crippen LogP contribution in [0.5, 0.6) is 0 Å². The van der Waals surface area contributed by atoms with Crippen molar-refractivity contribution in [2.24, 2.45) is 5.92 Å². The molecule has 4 nitrogen and oxygen atoms in total. The second-order valence-electron chi connectivity index (χ2n) is 5.60. The van der Waals surface area contributed by atoms with Crippen molar-refractivity contribution in [1.82, 2.24) is 5.32 Å². The van der Waals surface area contributed by atoms with Crippen LogP contribution in [0.15, 0.2) is 6.07 Å². The number of amides is 1. The third-order valence-electron chi connectivity index (χ3n) is 3.74. The van der Waals surface area contributed by atoms with Crippen LogP contribution in [0.2, 0.25) is 0 Å². The zero-order valence-electron chi connectivity index (χ0n) is 11.3. The molecule has 1 amide bonds. The molecule has 19 heavy (non-hydrogen) atoms. The maximum atomic E-state index is 12.1. The topological polar surface area (TPSA) is 58.4 Å². The summed E-state index contributed by atoms with van der Waals surface area (Å²) in [6.07, 6.45) is 4.89. The Bertz CT molecular complexity index is 477. The number of nitrogens with zero attached hydrogens (tertiary/aromatic N) is 1. The van der Waals surface area contributed by atoms with Gasteiger partial charge in [-0.3, -0.25) is 4.79 Å². The summed E-state index contributed by atoms with van der Waals surface area (Å²) in [6.45, 7) is 4.22. The van der Waals surface area contributed by atoms with Gasteiger partial charge in [0.2, 0.25) is 0 Å². The SMILES string of the molecule is CCN(CC1CC1)c1cc(N)c(C(=O)NC2CC2)s1. The first-order chi connectivity index (χ1) is 9.17. The van der Waals surface area contributed by atoms with Gasteiger partial charge >= 0.3 is 0 Å². The van der Waals surface area contributed by atoms with E-state index < -0.39 is 0 Å². The Balaban J connectivity index is 1.72. The number of nitrogens with two attached hydrogens (primary N) is 1. The molecule has 0 atom stereocenters. The highest BCUT2D eigenvalue weighted by Crippen LogP contribution is 2.36. The molecule has 0 saturated heterocycles. The first-order valence-electron chi connectivity index (χ1n) is 7.12. The van der Waals surface area contributed by atoms with Gasteiger partial charge in [0.05, 0.1) is 10.7 Å². The number of anilines is 2. The minimum Gasteiger partial charge on any atom is -0.397 e. The molecule has 0 radical (unpaired) electrons. The standard InChI is InChI=1S/C14H21N3OS/c1-2-17(8-9-3-4-9)12-7-11(15)13(19-12)14(18)16-10-5-6-10/h7,9-10H,2-6,8,15H2,1H3,(H,16,18). The predicted molar refractivity (Wildman–Crippen MR) is 79.8 cm³/mol. The van der Waals surface area contributed by atoms with Crippen LogP contribution in [0.3, 0.4) is 0 Å². The summed E-state index contributed by atoms with van der Waals surface area (Å²) in [4.78, 5) is 15.1. The molecule has 0 bridgehead atoms. The molecule has 104 valence electrons. The summed E-state index contributed by atoms with van der Waals surface area (Å²) in [6, 6.07) is 2.34. The number of rotatable bonds is 6. The van der Waals surface area contributed by atoms with Gasteiger partial charge < -0.3 is 16.0 Å². The highest BCUT2D eigenvalue weighted by Gasteiger charge is 2.28. The summed E-state index contributed by atoms with van der Waals surface area (Å²) >= 11 is 1.53. The average molecular weight is 279 g/mol. The third kappa shape index (κ3) is 3.03. The van der Waals surface area contributed by atoms with Crippen molar-refractivity contribution in [3.8, 4) is 0 Å². The van der Waals surface area contributed by atoms with E-state index in [4.69, 9.17) is 5.73 Å². The van der Waals surface area contributed by atoms with E-state index in [1.54, 1.807) is 0 Å². The molecule has 3 N–H and O–H groups in total. The lowest BCUT2D eigenvalue weighted by Gasteiger charge is -2.20. The summed E-state index contributed by atoms with van der Waals surface area (Å²) in [5.74, 6) is 0.839. The molecule has 3 rings (SSSR count). The maximum Gasteiger partial charge on any atom is 0.263 e. The first-order valence-corrected chi connectivity index (χ1v) is 7.94. The zero-order valence-corrected chi connectivity index (χ0v) is 12.1. The zero-order chi connectivity index (χ0) is 13.4. The molecule has 1 aromatic rings. The van der Waals surface area contributed by atoms with Gasteiger partial charge in [-0.25, -0.2) is 0 Å². The molecule has 1 aromatic heterocycles. The average Bonchev–Trinajstić information content (AvgIpc) is 3.28. The summed E-state index contributed by atoms with van der Waals surface area (Å²) < 4.78 is 0. The number of thiophene rings is 1. The Hall–Kier alpha value is -1.23. The van der Waals surface area contributed by atoms with Crippen molar-refractivity contribution in [3.63, 3.8) is 0 Å². The first kappa shape index (κ1) is 12.8. The molecule has 5 heteroatoms. The fraction of sp³-hybridized carbons (Fsp3) is 0.643. The number of hydrogen-bond donors (Lipinski definition) is 2. The van der Waals surface area contributed by atoms with E-state index in [1.807, 2.05) is 6.07 Å². The lowest BCUT2D eigenvalue weighted by Crippen LogP contribution is -2.25. The van der Waals surface area contributed by atoms with Gasteiger partial charge in [-0.15, -0.1) is 11.3 Å². The molecule has 0 aromatic carbocycles. The molecule has 0 unspecified atom stereocenters. The van der Waals surface area contributed by atoms with Crippen LogP contribution in [0.25, 0.3) is 0 Å². The molecular weight excluding hydrogens is 258 g/mol. The van der Waals surface area contributed by atoms with Crippen LogP contribution in [0, 0.1) is 5.92 Å². The molecule has 2 aliphatic carbocycles. The van der Waals surface area contributed by atoms with Crippen molar-refractivity contribution >= 4 is 27.9 Å². The number of nitrogens with one attached hydrogen (secondary N) is 1. The van der Waals surface area contributed by atoms with E-state index in [1.165, 1.54) is 24.2 Å². The Morgan fingerprint density at radius 1 is 1.47 bits per heavy atom. The smallest absolute Gasteiger partial charge is 0.263 e. The molecule has 2 aliphatic rings. The van der Waals surface area contributed by atoms with Crippen molar-refractivity contribution in [3.05, 3.63) is 10.9 Å². The molecule has 1 heterocycles. The molecular formula is C14H21N3OS. The largest absolute Gasteiger partial charge is 0.397 e. The van der Waals surface area contributed by atoms with Gasteiger partial charge in [-0.1, -0.05) is 0 Å². The van der Waals surface area contributed by atoms with Crippen LogP contribution in [-0.4, -0.2) is 25.0 Å². The monoisotopic (exact) mass is 279 g/mol. The lowest BCUT2D eigenvalue weighted by molar-refractivity contribution is 0.0956. The van der Waals surface area contributed by atoms with Crippen LogP contribution in [-0.2, 0) is 0 Å². The second kappa shape index (κ2) is 5.04.